The predicted molar refractivity (Wildman–Crippen MR) is 96.5 cm³/mol. The number of fused-ring (bicyclic) bond motifs is 1. The highest BCUT2D eigenvalue weighted by Crippen LogP contribution is 2.15. The SMILES string of the molecule is CC(OC(=O)Cn1cnc2ccccc2c1=O)C(=O)Nc1cc(F)ccc1F. The largest absolute Gasteiger partial charge is 0.451 e. The predicted octanol–water partition coefficient (Wildman–Crippen LogP) is 2.25. The smallest absolute Gasteiger partial charge is 0.326 e. The molecular weight excluding hydrogens is 372 g/mol. The first-order chi connectivity index (χ1) is 13.3. The quantitative estimate of drug-likeness (QED) is 0.678. The summed E-state index contributed by atoms with van der Waals surface area (Å²) in [7, 11) is 0. The molecule has 0 radical (unpaired) electrons. The molecule has 7 nitrogen and oxygen atoms in total. The third-order valence-corrected chi connectivity index (χ3v) is 3.89. The number of halogens is 2. The molecule has 1 aromatic heterocycles. The van der Waals surface area contributed by atoms with Gasteiger partial charge in [0.25, 0.3) is 11.5 Å². The first kappa shape index (κ1) is 19.2. The summed E-state index contributed by atoms with van der Waals surface area (Å²) in [5, 5.41) is 2.48. The van der Waals surface area contributed by atoms with Crippen molar-refractivity contribution in [1.29, 1.82) is 0 Å². The minimum Gasteiger partial charge on any atom is -0.451 e. The molecule has 1 unspecified atom stereocenters. The van der Waals surface area contributed by atoms with Gasteiger partial charge in [-0.05, 0) is 31.2 Å². The molecule has 9 heteroatoms. The lowest BCUT2D eigenvalue weighted by Gasteiger charge is -2.14. The monoisotopic (exact) mass is 387 g/mol. The molecule has 3 rings (SSSR count). The van der Waals surface area contributed by atoms with Crippen LogP contribution in [0.15, 0.2) is 53.6 Å². The molecule has 3 aromatic rings. The van der Waals surface area contributed by atoms with E-state index in [1.165, 1.54) is 13.3 Å². The molecule has 28 heavy (non-hydrogen) atoms. The number of esters is 1. The Morgan fingerprint density at radius 1 is 1.21 bits per heavy atom. The standard InChI is InChI=1S/C19H15F2N3O4/c1-11(18(26)23-16-8-12(20)6-7-14(16)21)28-17(25)9-24-10-22-15-5-3-2-4-13(15)19(24)27/h2-8,10-11H,9H2,1H3,(H,23,26). The van der Waals surface area contributed by atoms with Gasteiger partial charge in [0.2, 0.25) is 0 Å². The van der Waals surface area contributed by atoms with E-state index in [-0.39, 0.29) is 5.69 Å². The van der Waals surface area contributed by atoms with Gasteiger partial charge in [-0.1, -0.05) is 12.1 Å². The van der Waals surface area contributed by atoms with Gasteiger partial charge in [-0.15, -0.1) is 0 Å². The molecule has 0 aliphatic heterocycles. The maximum absolute atomic E-state index is 13.6. The van der Waals surface area contributed by atoms with Crippen molar-refractivity contribution in [2.45, 2.75) is 19.6 Å². The fourth-order valence-electron chi connectivity index (χ4n) is 2.47. The number of nitrogens with one attached hydrogen (secondary N) is 1. The van der Waals surface area contributed by atoms with Crippen molar-refractivity contribution in [2.24, 2.45) is 0 Å². The fourth-order valence-corrected chi connectivity index (χ4v) is 2.47. The number of carbonyl (C=O) groups is 2. The lowest BCUT2D eigenvalue weighted by atomic mass is 10.2. The van der Waals surface area contributed by atoms with E-state index in [1.807, 2.05) is 0 Å². The number of nitrogens with zero attached hydrogens (tertiary/aromatic N) is 2. The molecule has 0 saturated carbocycles. The second kappa shape index (κ2) is 7.95. The first-order valence-electron chi connectivity index (χ1n) is 8.24. The zero-order chi connectivity index (χ0) is 20.3. The molecule has 1 amide bonds. The fraction of sp³-hybridized carbons (Fsp3) is 0.158. The van der Waals surface area contributed by atoms with Crippen LogP contribution in [-0.2, 0) is 20.9 Å². The maximum atomic E-state index is 13.6. The van der Waals surface area contributed by atoms with Crippen molar-refractivity contribution >= 4 is 28.5 Å². The topological polar surface area (TPSA) is 90.3 Å². The second-order valence-electron chi connectivity index (χ2n) is 5.94. The highest BCUT2D eigenvalue weighted by molar-refractivity contribution is 5.95. The molecule has 1 atom stereocenters. The second-order valence-corrected chi connectivity index (χ2v) is 5.94. The summed E-state index contributed by atoms with van der Waals surface area (Å²) in [6.07, 6.45) is -0.0852. The summed E-state index contributed by atoms with van der Waals surface area (Å²) < 4.78 is 32.8. The van der Waals surface area contributed by atoms with Crippen molar-refractivity contribution in [3.8, 4) is 0 Å². The number of anilines is 1. The van der Waals surface area contributed by atoms with Crippen molar-refractivity contribution in [2.75, 3.05) is 5.32 Å². The molecule has 0 aliphatic rings. The molecule has 0 saturated heterocycles. The number of ether oxygens (including phenoxy) is 1. The molecule has 0 aliphatic carbocycles. The van der Waals surface area contributed by atoms with E-state index in [9.17, 15) is 23.2 Å². The summed E-state index contributed by atoms with van der Waals surface area (Å²) >= 11 is 0. The lowest BCUT2D eigenvalue weighted by Crippen LogP contribution is -2.33. The van der Waals surface area contributed by atoms with Gasteiger partial charge in [-0.25, -0.2) is 13.8 Å². The number of rotatable bonds is 5. The van der Waals surface area contributed by atoms with E-state index in [4.69, 9.17) is 4.74 Å². The third kappa shape index (κ3) is 4.20. The number of hydrogen-bond acceptors (Lipinski definition) is 5. The highest BCUT2D eigenvalue weighted by Gasteiger charge is 2.20. The normalized spacial score (nSPS) is 11.8. The number of benzene rings is 2. The van der Waals surface area contributed by atoms with E-state index in [2.05, 4.69) is 10.3 Å². The Morgan fingerprint density at radius 2 is 1.96 bits per heavy atom. The number of amides is 1. The molecule has 2 aromatic carbocycles. The van der Waals surface area contributed by atoms with Gasteiger partial charge in [0.15, 0.2) is 6.10 Å². The van der Waals surface area contributed by atoms with Gasteiger partial charge < -0.3 is 10.1 Å². The third-order valence-electron chi connectivity index (χ3n) is 3.89. The molecule has 0 spiro atoms. The summed E-state index contributed by atoms with van der Waals surface area (Å²) in [5.74, 6) is -3.27. The number of carbonyl (C=O) groups excluding carboxylic acids is 2. The summed E-state index contributed by atoms with van der Waals surface area (Å²) in [4.78, 5) is 40.5. The van der Waals surface area contributed by atoms with Crippen molar-refractivity contribution < 1.29 is 23.1 Å². The molecular formula is C19H15F2N3O4. The van der Waals surface area contributed by atoms with Gasteiger partial charge in [-0.3, -0.25) is 19.0 Å². The average Bonchev–Trinajstić information content (AvgIpc) is 2.67. The van der Waals surface area contributed by atoms with Gasteiger partial charge in [0.05, 0.1) is 22.9 Å². The summed E-state index contributed by atoms with van der Waals surface area (Å²) in [6, 6.07) is 9.22. The van der Waals surface area contributed by atoms with Gasteiger partial charge in [0, 0.05) is 6.07 Å². The average molecular weight is 387 g/mol. The van der Waals surface area contributed by atoms with Crippen LogP contribution in [-0.4, -0.2) is 27.5 Å². The number of para-hydroxylation sites is 1. The van der Waals surface area contributed by atoms with Crippen LogP contribution in [0.4, 0.5) is 14.5 Å². The van der Waals surface area contributed by atoms with Crippen LogP contribution in [0.2, 0.25) is 0 Å². The minimum absolute atomic E-state index is 0.338. The highest BCUT2D eigenvalue weighted by atomic mass is 19.1. The summed E-state index contributed by atoms with van der Waals surface area (Å²) in [5.41, 5.74) is -0.314. The first-order valence-corrected chi connectivity index (χ1v) is 8.24. The number of aromatic nitrogens is 2. The Balaban J connectivity index is 1.66. The van der Waals surface area contributed by atoms with Crippen LogP contribution >= 0.6 is 0 Å². The number of hydrogen-bond donors (Lipinski definition) is 1. The van der Waals surface area contributed by atoms with Crippen molar-refractivity contribution in [3.63, 3.8) is 0 Å². The van der Waals surface area contributed by atoms with Crippen LogP contribution in [0.25, 0.3) is 10.9 Å². The van der Waals surface area contributed by atoms with E-state index in [0.717, 1.165) is 22.8 Å². The van der Waals surface area contributed by atoms with E-state index in [0.29, 0.717) is 10.9 Å². The molecule has 0 fully saturated rings. The van der Waals surface area contributed by atoms with Crippen LogP contribution in [0.1, 0.15) is 6.92 Å². The summed E-state index contributed by atoms with van der Waals surface area (Å²) in [6.45, 7) is 0.814. The van der Waals surface area contributed by atoms with E-state index < -0.39 is 41.7 Å². The Bertz CT molecular complexity index is 1110. The zero-order valence-corrected chi connectivity index (χ0v) is 14.7. The zero-order valence-electron chi connectivity index (χ0n) is 14.7. The van der Waals surface area contributed by atoms with Crippen molar-refractivity contribution in [3.05, 3.63) is 70.8 Å². The van der Waals surface area contributed by atoms with Crippen LogP contribution in [0.5, 0.6) is 0 Å². The Hall–Kier alpha value is -3.62. The van der Waals surface area contributed by atoms with Crippen LogP contribution in [0.3, 0.4) is 0 Å². The van der Waals surface area contributed by atoms with Gasteiger partial charge in [-0.2, -0.15) is 0 Å². The minimum atomic E-state index is -1.29. The van der Waals surface area contributed by atoms with Crippen LogP contribution in [0, 0.1) is 11.6 Å². The Labute approximate surface area is 157 Å². The van der Waals surface area contributed by atoms with Gasteiger partial charge in [0.1, 0.15) is 18.2 Å². The Kier molecular flexibility index (Phi) is 5.44. The van der Waals surface area contributed by atoms with Crippen molar-refractivity contribution in [1.82, 2.24) is 9.55 Å². The molecule has 1 N–H and O–H groups in total. The molecule has 1 heterocycles. The van der Waals surface area contributed by atoms with Crippen LogP contribution < -0.4 is 10.9 Å². The lowest BCUT2D eigenvalue weighted by molar-refractivity contribution is -0.153. The molecule has 144 valence electrons. The van der Waals surface area contributed by atoms with E-state index in [1.54, 1.807) is 24.3 Å². The van der Waals surface area contributed by atoms with Gasteiger partial charge >= 0.3 is 5.97 Å². The molecule has 0 bridgehead atoms. The maximum Gasteiger partial charge on any atom is 0.326 e. The van der Waals surface area contributed by atoms with E-state index >= 15 is 0 Å². The Morgan fingerprint density at radius 3 is 2.75 bits per heavy atom.